The lowest BCUT2D eigenvalue weighted by Gasteiger charge is -2.35. The molecule has 1 aromatic heterocycles. The zero-order valence-electron chi connectivity index (χ0n) is 15.2. The fourth-order valence-electron chi connectivity index (χ4n) is 3.66. The number of halogens is 1. The number of rotatable bonds is 4. The van der Waals surface area contributed by atoms with Crippen LogP contribution in [0.2, 0.25) is 0 Å². The minimum Gasteiger partial charge on any atom is -0.447 e. The summed E-state index contributed by atoms with van der Waals surface area (Å²) in [6.45, 7) is 4.80. The van der Waals surface area contributed by atoms with Crippen molar-refractivity contribution < 1.29 is 13.6 Å². The SMILES string of the molecule is N[C@@H]1CCN(C(=O)c2coc(CN3CCN(c4ccccc4F)CC3)n2)C1. The number of likely N-dealkylation sites (tertiary alicyclic amines) is 1. The summed E-state index contributed by atoms with van der Waals surface area (Å²) in [5.41, 5.74) is 6.84. The van der Waals surface area contributed by atoms with Gasteiger partial charge in [0.05, 0.1) is 12.2 Å². The molecular formula is C19H24FN5O2. The largest absolute Gasteiger partial charge is 0.447 e. The number of hydrogen-bond donors (Lipinski definition) is 1. The van der Waals surface area contributed by atoms with Crippen molar-refractivity contribution in [1.29, 1.82) is 0 Å². The van der Waals surface area contributed by atoms with E-state index < -0.39 is 0 Å². The fraction of sp³-hybridized carbons (Fsp3) is 0.474. The lowest BCUT2D eigenvalue weighted by Crippen LogP contribution is -2.46. The molecule has 144 valence electrons. The number of nitrogens with two attached hydrogens (primary N) is 1. The smallest absolute Gasteiger partial charge is 0.275 e. The average Bonchev–Trinajstić information content (AvgIpc) is 3.32. The standard InChI is InChI=1S/C19H24FN5O2/c20-15-3-1-2-4-17(15)24-9-7-23(8-10-24)12-18-22-16(13-27-18)19(26)25-6-5-14(21)11-25/h1-4,13-14H,5-12,21H2/t14-/m1/s1. The van der Waals surface area contributed by atoms with E-state index in [0.717, 1.165) is 32.6 Å². The number of nitrogens with zero attached hydrogens (tertiary/aromatic N) is 4. The Morgan fingerprint density at radius 2 is 2.00 bits per heavy atom. The Hall–Kier alpha value is -2.45. The van der Waals surface area contributed by atoms with Crippen LogP contribution < -0.4 is 10.6 Å². The van der Waals surface area contributed by atoms with E-state index in [0.29, 0.717) is 36.9 Å². The molecule has 3 heterocycles. The maximum atomic E-state index is 13.9. The topological polar surface area (TPSA) is 78.8 Å². The number of hydrogen-bond acceptors (Lipinski definition) is 6. The van der Waals surface area contributed by atoms with Gasteiger partial charge in [0.15, 0.2) is 5.69 Å². The second-order valence-corrected chi connectivity index (χ2v) is 7.14. The summed E-state index contributed by atoms with van der Waals surface area (Å²) < 4.78 is 19.4. The molecule has 2 saturated heterocycles. The quantitative estimate of drug-likeness (QED) is 0.871. The predicted molar refractivity (Wildman–Crippen MR) is 98.9 cm³/mol. The molecule has 1 atom stereocenters. The molecule has 0 saturated carbocycles. The van der Waals surface area contributed by atoms with Gasteiger partial charge in [-0.25, -0.2) is 9.37 Å². The third-order valence-corrected chi connectivity index (χ3v) is 5.21. The zero-order chi connectivity index (χ0) is 18.8. The Kier molecular flexibility index (Phi) is 5.09. The van der Waals surface area contributed by atoms with Gasteiger partial charge >= 0.3 is 0 Å². The molecule has 7 nitrogen and oxygen atoms in total. The van der Waals surface area contributed by atoms with Crippen molar-refractivity contribution >= 4 is 11.6 Å². The van der Waals surface area contributed by atoms with Crippen molar-refractivity contribution in [3.05, 3.63) is 47.9 Å². The summed E-state index contributed by atoms with van der Waals surface area (Å²) in [6.07, 6.45) is 2.25. The Morgan fingerprint density at radius 3 is 2.70 bits per heavy atom. The molecule has 27 heavy (non-hydrogen) atoms. The van der Waals surface area contributed by atoms with E-state index >= 15 is 0 Å². The van der Waals surface area contributed by atoms with Gasteiger partial charge in [-0.15, -0.1) is 0 Å². The lowest BCUT2D eigenvalue weighted by molar-refractivity contribution is 0.0785. The van der Waals surface area contributed by atoms with Gasteiger partial charge in [0.2, 0.25) is 5.89 Å². The predicted octanol–water partition coefficient (Wildman–Crippen LogP) is 1.31. The monoisotopic (exact) mass is 373 g/mol. The van der Waals surface area contributed by atoms with Gasteiger partial charge in [-0.3, -0.25) is 9.69 Å². The van der Waals surface area contributed by atoms with E-state index in [1.807, 2.05) is 11.0 Å². The van der Waals surface area contributed by atoms with Crippen molar-refractivity contribution in [3.8, 4) is 0 Å². The second kappa shape index (κ2) is 7.66. The maximum Gasteiger partial charge on any atom is 0.275 e. The van der Waals surface area contributed by atoms with Crippen LogP contribution in [-0.4, -0.2) is 66.0 Å². The van der Waals surface area contributed by atoms with Crippen LogP contribution in [0.4, 0.5) is 10.1 Å². The van der Waals surface area contributed by atoms with E-state index in [2.05, 4.69) is 9.88 Å². The number of oxazole rings is 1. The van der Waals surface area contributed by atoms with E-state index in [1.54, 1.807) is 17.0 Å². The highest BCUT2D eigenvalue weighted by Crippen LogP contribution is 2.21. The third kappa shape index (κ3) is 3.96. The lowest BCUT2D eigenvalue weighted by atomic mass is 10.2. The number of benzene rings is 1. The number of aromatic nitrogens is 1. The van der Waals surface area contributed by atoms with Crippen molar-refractivity contribution in [1.82, 2.24) is 14.8 Å². The van der Waals surface area contributed by atoms with Gasteiger partial charge in [0, 0.05) is 45.3 Å². The molecule has 0 aliphatic carbocycles. The fourth-order valence-corrected chi connectivity index (χ4v) is 3.66. The van der Waals surface area contributed by atoms with Crippen LogP contribution in [0.15, 0.2) is 34.9 Å². The molecule has 2 fully saturated rings. The third-order valence-electron chi connectivity index (χ3n) is 5.21. The van der Waals surface area contributed by atoms with Crippen molar-refractivity contribution in [2.24, 2.45) is 5.73 Å². The van der Waals surface area contributed by atoms with E-state index in [1.165, 1.54) is 12.3 Å². The first-order chi connectivity index (χ1) is 13.1. The summed E-state index contributed by atoms with van der Waals surface area (Å²) >= 11 is 0. The molecule has 4 rings (SSSR count). The molecule has 0 spiro atoms. The minimum absolute atomic E-state index is 0.0473. The van der Waals surface area contributed by atoms with Gasteiger partial charge in [-0.05, 0) is 18.6 Å². The normalized spacial score (nSPS) is 21.0. The summed E-state index contributed by atoms with van der Waals surface area (Å²) in [5, 5.41) is 0. The first-order valence-electron chi connectivity index (χ1n) is 9.31. The van der Waals surface area contributed by atoms with Gasteiger partial charge in [0.1, 0.15) is 12.1 Å². The number of para-hydroxylation sites is 1. The Balaban J connectivity index is 1.31. The van der Waals surface area contributed by atoms with Crippen LogP contribution in [0.3, 0.4) is 0 Å². The first-order valence-corrected chi connectivity index (χ1v) is 9.31. The minimum atomic E-state index is -0.191. The molecule has 2 N–H and O–H groups in total. The molecular weight excluding hydrogens is 349 g/mol. The number of carbonyl (C=O) groups excluding carboxylic acids is 1. The van der Waals surface area contributed by atoms with Gasteiger partial charge in [-0.1, -0.05) is 12.1 Å². The highest BCUT2D eigenvalue weighted by molar-refractivity contribution is 5.92. The van der Waals surface area contributed by atoms with Crippen molar-refractivity contribution in [3.63, 3.8) is 0 Å². The van der Waals surface area contributed by atoms with Gasteiger partial charge < -0.3 is 20.0 Å². The number of amides is 1. The van der Waals surface area contributed by atoms with Crippen molar-refractivity contribution in [2.45, 2.75) is 19.0 Å². The molecule has 0 radical (unpaired) electrons. The summed E-state index contributed by atoms with van der Waals surface area (Å²) in [7, 11) is 0. The maximum absolute atomic E-state index is 13.9. The number of anilines is 1. The molecule has 1 amide bonds. The van der Waals surface area contributed by atoms with E-state index in [4.69, 9.17) is 10.2 Å². The molecule has 2 aliphatic rings. The van der Waals surface area contributed by atoms with Crippen LogP contribution in [0, 0.1) is 5.82 Å². The summed E-state index contributed by atoms with van der Waals surface area (Å²) in [5.74, 6) is 0.215. The van der Waals surface area contributed by atoms with Crippen LogP contribution in [0.5, 0.6) is 0 Å². The van der Waals surface area contributed by atoms with Crippen LogP contribution in [0.25, 0.3) is 0 Å². The van der Waals surface area contributed by atoms with E-state index in [9.17, 15) is 9.18 Å². The van der Waals surface area contributed by atoms with Gasteiger partial charge in [0.25, 0.3) is 5.91 Å². The number of carbonyl (C=O) groups is 1. The molecule has 0 bridgehead atoms. The van der Waals surface area contributed by atoms with Crippen LogP contribution >= 0.6 is 0 Å². The summed E-state index contributed by atoms with van der Waals surface area (Å²) in [4.78, 5) is 22.7. The van der Waals surface area contributed by atoms with Crippen molar-refractivity contribution in [2.75, 3.05) is 44.2 Å². The molecule has 8 heteroatoms. The van der Waals surface area contributed by atoms with Crippen LogP contribution in [0.1, 0.15) is 22.8 Å². The van der Waals surface area contributed by atoms with E-state index in [-0.39, 0.29) is 17.8 Å². The molecule has 2 aliphatic heterocycles. The molecule has 1 aromatic carbocycles. The second-order valence-electron chi connectivity index (χ2n) is 7.14. The Labute approximate surface area is 157 Å². The van der Waals surface area contributed by atoms with Crippen LogP contribution in [-0.2, 0) is 6.54 Å². The Bertz CT molecular complexity index is 803. The Morgan fingerprint density at radius 1 is 1.22 bits per heavy atom. The molecule has 2 aromatic rings. The number of piperazine rings is 1. The molecule has 0 unspecified atom stereocenters. The highest BCUT2D eigenvalue weighted by atomic mass is 19.1. The first kappa shape index (κ1) is 17.9. The zero-order valence-corrected chi connectivity index (χ0v) is 15.2. The summed E-state index contributed by atoms with van der Waals surface area (Å²) in [6, 6.07) is 6.89. The average molecular weight is 373 g/mol. The highest BCUT2D eigenvalue weighted by Gasteiger charge is 2.27. The van der Waals surface area contributed by atoms with Gasteiger partial charge in [-0.2, -0.15) is 0 Å².